The van der Waals surface area contributed by atoms with Crippen LogP contribution in [0.15, 0.2) is 48.5 Å². The van der Waals surface area contributed by atoms with E-state index in [0.29, 0.717) is 18.2 Å². The number of rotatable bonds is 6. The molecule has 2 aliphatic heterocycles. The fourth-order valence-corrected chi connectivity index (χ4v) is 4.33. The minimum absolute atomic E-state index is 0.213. The van der Waals surface area contributed by atoms with Crippen molar-refractivity contribution in [3.63, 3.8) is 0 Å². The van der Waals surface area contributed by atoms with Gasteiger partial charge in [0.2, 0.25) is 11.8 Å². The fourth-order valence-electron chi connectivity index (χ4n) is 4.33. The number of hydrogen-bond donors (Lipinski definition) is 0. The maximum Gasteiger partial charge on any atom is 0.228 e. The summed E-state index contributed by atoms with van der Waals surface area (Å²) in [7, 11) is 1.64. The summed E-state index contributed by atoms with van der Waals surface area (Å²) in [5.41, 5.74) is 3.15. The highest BCUT2D eigenvalue weighted by Crippen LogP contribution is 2.33. The predicted molar refractivity (Wildman–Crippen MR) is 121 cm³/mol. The highest BCUT2D eigenvalue weighted by molar-refractivity contribution is 5.45. The first kappa shape index (κ1) is 20.7. The molecule has 0 aliphatic carbocycles. The van der Waals surface area contributed by atoms with Crippen LogP contribution in [0.25, 0.3) is 0 Å². The lowest BCUT2D eigenvalue weighted by atomic mass is 10.1. The third-order valence-corrected chi connectivity index (χ3v) is 6.05. The van der Waals surface area contributed by atoms with Gasteiger partial charge in [-0.15, -0.1) is 0 Å². The Morgan fingerprint density at radius 3 is 2.53 bits per heavy atom. The summed E-state index contributed by atoms with van der Waals surface area (Å²) in [6, 6.07) is 14.3. The van der Waals surface area contributed by atoms with Gasteiger partial charge >= 0.3 is 0 Å². The minimum atomic E-state index is -0.213. The average Bonchev–Trinajstić information content (AvgIpc) is 3.36. The van der Waals surface area contributed by atoms with Crippen LogP contribution in [0, 0.1) is 5.82 Å². The van der Waals surface area contributed by atoms with Gasteiger partial charge in [0, 0.05) is 45.2 Å². The summed E-state index contributed by atoms with van der Waals surface area (Å²) in [4.78, 5) is 14.3. The van der Waals surface area contributed by atoms with E-state index in [1.54, 1.807) is 7.11 Å². The Morgan fingerprint density at radius 1 is 0.969 bits per heavy atom. The van der Waals surface area contributed by atoms with E-state index in [-0.39, 0.29) is 5.82 Å². The number of benzene rings is 2. The molecule has 7 heteroatoms. The van der Waals surface area contributed by atoms with Crippen molar-refractivity contribution in [1.29, 1.82) is 0 Å². The van der Waals surface area contributed by atoms with Gasteiger partial charge in [-0.1, -0.05) is 18.2 Å². The normalized spacial score (nSPS) is 16.1. The molecule has 3 aromatic rings. The van der Waals surface area contributed by atoms with Crippen molar-refractivity contribution in [3.05, 3.63) is 71.2 Å². The molecule has 0 radical (unpaired) electrons. The quantitative estimate of drug-likeness (QED) is 0.566. The van der Waals surface area contributed by atoms with Gasteiger partial charge in [0.25, 0.3) is 0 Å². The van der Waals surface area contributed by atoms with Crippen LogP contribution in [-0.2, 0) is 19.5 Å². The molecule has 0 N–H and O–H groups in total. The number of ether oxygens (including phenoxy) is 2. The molecule has 0 atom stereocenters. The van der Waals surface area contributed by atoms with E-state index in [4.69, 9.17) is 19.4 Å². The molecule has 32 heavy (non-hydrogen) atoms. The van der Waals surface area contributed by atoms with Crippen molar-refractivity contribution < 1.29 is 13.9 Å². The molecule has 5 rings (SSSR count). The molecule has 0 amide bonds. The van der Waals surface area contributed by atoms with E-state index in [0.717, 1.165) is 74.0 Å². The van der Waals surface area contributed by atoms with Gasteiger partial charge in [0.15, 0.2) is 0 Å². The van der Waals surface area contributed by atoms with Gasteiger partial charge in [0.1, 0.15) is 17.3 Å². The van der Waals surface area contributed by atoms with E-state index in [1.807, 2.05) is 36.4 Å². The van der Waals surface area contributed by atoms with E-state index in [2.05, 4.69) is 9.80 Å². The monoisotopic (exact) mass is 434 g/mol. The Labute approximate surface area is 187 Å². The standard InChI is InChI=1S/C25H27FN4O2/c1-31-20-5-4-6-21(15-20)32-24-22-17-29(16-18-7-9-19(26)10-8-18)14-11-23(22)27-25(28-24)30-12-2-3-13-30/h4-10,15H,2-3,11-14,16-17H2,1H3. The molecule has 2 aliphatic rings. The lowest BCUT2D eigenvalue weighted by Crippen LogP contribution is -2.32. The Balaban J connectivity index is 1.44. The largest absolute Gasteiger partial charge is 0.497 e. The topological polar surface area (TPSA) is 50.7 Å². The summed E-state index contributed by atoms with van der Waals surface area (Å²) in [6.45, 7) is 4.28. The number of anilines is 1. The summed E-state index contributed by atoms with van der Waals surface area (Å²) >= 11 is 0. The lowest BCUT2D eigenvalue weighted by molar-refractivity contribution is 0.238. The van der Waals surface area contributed by atoms with Crippen LogP contribution in [-0.4, -0.2) is 41.6 Å². The first-order chi connectivity index (χ1) is 15.7. The first-order valence-corrected chi connectivity index (χ1v) is 11.1. The number of hydrogen-bond acceptors (Lipinski definition) is 6. The summed E-state index contributed by atoms with van der Waals surface area (Å²) in [6.07, 6.45) is 3.16. The number of fused-ring (bicyclic) bond motifs is 1. The maximum absolute atomic E-state index is 13.3. The Bertz CT molecular complexity index is 1080. The SMILES string of the molecule is COc1cccc(Oc2nc(N3CCCC3)nc3c2CN(Cc2ccc(F)cc2)CC3)c1. The summed E-state index contributed by atoms with van der Waals surface area (Å²) < 4.78 is 24.9. The van der Waals surface area contributed by atoms with Crippen molar-refractivity contribution in [3.8, 4) is 17.4 Å². The molecular formula is C25H27FN4O2. The van der Waals surface area contributed by atoms with Crippen LogP contribution in [0.3, 0.4) is 0 Å². The zero-order valence-electron chi connectivity index (χ0n) is 18.3. The molecule has 0 unspecified atom stereocenters. The number of halogens is 1. The predicted octanol–water partition coefficient (Wildman–Crippen LogP) is 4.58. The molecule has 6 nitrogen and oxygen atoms in total. The van der Waals surface area contributed by atoms with Crippen molar-refractivity contribution in [2.75, 3.05) is 31.6 Å². The summed E-state index contributed by atoms with van der Waals surface area (Å²) in [5.74, 6) is 2.58. The van der Waals surface area contributed by atoms with Gasteiger partial charge in [-0.3, -0.25) is 4.90 Å². The molecule has 166 valence electrons. The Hall–Kier alpha value is -3.19. The van der Waals surface area contributed by atoms with Crippen LogP contribution in [0.4, 0.5) is 10.3 Å². The maximum atomic E-state index is 13.3. The van der Waals surface area contributed by atoms with Gasteiger partial charge in [0.05, 0.1) is 18.4 Å². The van der Waals surface area contributed by atoms with Gasteiger partial charge in [-0.25, -0.2) is 9.37 Å². The molecule has 0 spiro atoms. The van der Waals surface area contributed by atoms with Crippen LogP contribution in [0.5, 0.6) is 17.4 Å². The molecule has 1 aromatic heterocycles. The molecular weight excluding hydrogens is 407 g/mol. The van der Waals surface area contributed by atoms with E-state index < -0.39 is 0 Å². The smallest absolute Gasteiger partial charge is 0.228 e. The summed E-state index contributed by atoms with van der Waals surface area (Å²) in [5, 5.41) is 0. The van der Waals surface area contributed by atoms with Gasteiger partial charge in [-0.2, -0.15) is 4.98 Å². The third-order valence-electron chi connectivity index (χ3n) is 6.05. The highest BCUT2D eigenvalue weighted by atomic mass is 19.1. The third kappa shape index (κ3) is 4.53. The zero-order valence-corrected chi connectivity index (χ0v) is 18.3. The molecule has 0 bridgehead atoms. The van der Waals surface area contributed by atoms with Crippen LogP contribution in [0.1, 0.15) is 29.7 Å². The van der Waals surface area contributed by atoms with Crippen molar-refractivity contribution >= 4 is 5.95 Å². The second-order valence-corrected chi connectivity index (χ2v) is 8.32. The van der Waals surface area contributed by atoms with Gasteiger partial charge in [-0.05, 0) is 42.7 Å². The second-order valence-electron chi connectivity index (χ2n) is 8.32. The number of methoxy groups -OCH3 is 1. The van der Waals surface area contributed by atoms with Gasteiger partial charge < -0.3 is 14.4 Å². The highest BCUT2D eigenvalue weighted by Gasteiger charge is 2.26. The number of aromatic nitrogens is 2. The zero-order chi connectivity index (χ0) is 21.9. The average molecular weight is 435 g/mol. The van der Waals surface area contributed by atoms with Crippen molar-refractivity contribution in [2.24, 2.45) is 0 Å². The van der Waals surface area contributed by atoms with E-state index in [9.17, 15) is 4.39 Å². The van der Waals surface area contributed by atoms with E-state index >= 15 is 0 Å². The first-order valence-electron chi connectivity index (χ1n) is 11.1. The van der Waals surface area contributed by atoms with Crippen LogP contribution >= 0.6 is 0 Å². The Morgan fingerprint density at radius 2 is 1.75 bits per heavy atom. The lowest BCUT2D eigenvalue weighted by Gasteiger charge is -2.30. The van der Waals surface area contributed by atoms with Crippen molar-refractivity contribution in [1.82, 2.24) is 14.9 Å². The number of nitrogens with zero attached hydrogens (tertiary/aromatic N) is 4. The minimum Gasteiger partial charge on any atom is -0.497 e. The van der Waals surface area contributed by atoms with Crippen LogP contribution in [0.2, 0.25) is 0 Å². The Kier molecular flexibility index (Phi) is 5.90. The fraction of sp³-hybridized carbons (Fsp3) is 0.360. The molecule has 0 saturated carbocycles. The van der Waals surface area contributed by atoms with E-state index in [1.165, 1.54) is 12.1 Å². The molecule has 2 aromatic carbocycles. The molecule has 1 fully saturated rings. The molecule has 1 saturated heterocycles. The van der Waals surface area contributed by atoms with Crippen molar-refractivity contribution in [2.45, 2.75) is 32.4 Å². The van der Waals surface area contributed by atoms with Crippen LogP contribution < -0.4 is 14.4 Å². The molecule has 3 heterocycles. The second kappa shape index (κ2) is 9.12.